The first-order valence-electron chi connectivity index (χ1n) is 11.1. The van der Waals surface area contributed by atoms with Gasteiger partial charge in [-0.15, -0.1) is 0 Å². The quantitative estimate of drug-likeness (QED) is 0.550. The second-order valence-corrected chi connectivity index (χ2v) is 9.53. The number of methoxy groups -OCH3 is 3. The van der Waals surface area contributed by atoms with Crippen LogP contribution in [-0.2, 0) is 17.8 Å². The van der Waals surface area contributed by atoms with E-state index in [1.807, 2.05) is 39.0 Å². The summed E-state index contributed by atoms with van der Waals surface area (Å²) in [5, 5.41) is 3.45. The zero-order valence-corrected chi connectivity index (χ0v) is 21.4. The number of ether oxygens (including phenoxy) is 4. The molecule has 0 bridgehead atoms. The van der Waals surface area contributed by atoms with Gasteiger partial charge in [-0.2, -0.15) is 0 Å². The zero-order chi connectivity index (χ0) is 25.3. The number of hydrogen-bond donors (Lipinski definition) is 1. The molecule has 1 N–H and O–H groups in total. The third kappa shape index (κ3) is 5.30. The van der Waals surface area contributed by atoms with Crippen molar-refractivity contribution in [3.8, 4) is 17.2 Å². The van der Waals surface area contributed by atoms with Crippen molar-refractivity contribution in [2.45, 2.75) is 45.4 Å². The Bertz CT molecular complexity index is 1180. The summed E-state index contributed by atoms with van der Waals surface area (Å²) < 4.78 is 21.9. The van der Waals surface area contributed by atoms with E-state index in [-0.39, 0.29) is 11.2 Å². The highest BCUT2D eigenvalue weighted by Crippen LogP contribution is 2.41. The van der Waals surface area contributed by atoms with Crippen molar-refractivity contribution in [1.29, 1.82) is 0 Å². The van der Waals surface area contributed by atoms with E-state index < -0.39 is 11.7 Å². The minimum atomic E-state index is -0.586. The highest BCUT2D eigenvalue weighted by Gasteiger charge is 2.31. The predicted molar refractivity (Wildman–Crippen MR) is 132 cm³/mol. The fourth-order valence-electron chi connectivity index (χ4n) is 4.02. The van der Waals surface area contributed by atoms with Crippen LogP contribution in [0.25, 0.3) is 0 Å². The second-order valence-electron chi connectivity index (χ2n) is 9.19. The van der Waals surface area contributed by atoms with E-state index in [0.717, 1.165) is 16.8 Å². The minimum Gasteiger partial charge on any atom is -0.493 e. The molecule has 0 fully saturated rings. The molecule has 2 heterocycles. The molecule has 2 aromatic rings. The number of allylic oxidation sites excluding steroid dienone is 3. The lowest BCUT2D eigenvalue weighted by molar-refractivity contribution is 0.0241. The van der Waals surface area contributed by atoms with Crippen molar-refractivity contribution in [2.75, 3.05) is 26.6 Å². The lowest BCUT2D eigenvalue weighted by Crippen LogP contribution is -2.33. The Labute approximate surface area is 209 Å². The molecule has 1 unspecified atom stereocenters. The smallest absolute Gasteiger partial charge is 0.410 e. The number of nitrogens with zero attached hydrogens (tertiary/aromatic N) is 3. The molecule has 35 heavy (non-hydrogen) atoms. The van der Waals surface area contributed by atoms with E-state index in [9.17, 15) is 4.79 Å². The average molecular weight is 501 g/mol. The van der Waals surface area contributed by atoms with Crippen LogP contribution in [0.5, 0.6) is 17.2 Å². The summed E-state index contributed by atoms with van der Waals surface area (Å²) in [6.45, 7) is 6.14. The Morgan fingerprint density at radius 1 is 1.09 bits per heavy atom. The first kappa shape index (κ1) is 24.7. The molecule has 0 spiro atoms. The van der Waals surface area contributed by atoms with Crippen LogP contribution >= 0.6 is 11.6 Å². The highest BCUT2D eigenvalue weighted by molar-refractivity contribution is 6.28. The van der Waals surface area contributed by atoms with E-state index >= 15 is 0 Å². The first-order chi connectivity index (χ1) is 16.6. The molecule has 9 nitrogen and oxygen atoms in total. The van der Waals surface area contributed by atoms with Gasteiger partial charge in [0.2, 0.25) is 11.0 Å². The van der Waals surface area contributed by atoms with Gasteiger partial charge < -0.3 is 24.3 Å². The number of halogens is 1. The Kier molecular flexibility index (Phi) is 6.80. The summed E-state index contributed by atoms with van der Waals surface area (Å²) in [5.74, 6) is 2.27. The Morgan fingerprint density at radius 3 is 2.37 bits per heavy atom. The second kappa shape index (κ2) is 9.65. The maximum Gasteiger partial charge on any atom is 0.410 e. The number of amides is 1. The molecule has 0 saturated heterocycles. The van der Waals surface area contributed by atoms with Gasteiger partial charge in [-0.1, -0.05) is 6.08 Å². The Balaban J connectivity index is 1.56. The minimum absolute atomic E-state index is 0.0187. The fraction of sp³-hybridized carbons (Fsp3) is 0.400. The number of rotatable bonds is 6. The lowest BCUT2D eigenvalue weighted by atomic mass is 10.00. The van der Waals surface area contributed by atoms with Crippen LogP contribution in [0.15, 0.2) is 36.1 Å². The summed E-state index contributed by atoms with van der Waals surface area (Å²) in [6, 6.07) is 3.85. The van der Waals surface area contributed by atoms with E-state index in [4.69, 9.17) is 30.5 Å². The van der Waals surface area contributed by atoms with Crippen molar-refractivity contribution in [3.63, 3.8) is 0 Å². The fourth-order valence-corrected chi connectivity index (χ4v) is 4.20. The molecular formula is C25H29ClN4O5. The van der Waals surface area contributed by atoms with Crippen LogP contribution in [0.4, 0.5) is 10.6 Å². The van der Waals surface area contributed by atoms with Crippen molar-refractivity contribution in [1.82, 2.24) is 14.9 Å². The number of anilines is 1. The van der Waals surface area contributed by atoms with Crippen molar-refractivity contribution >= 4 is 23.5 Å². The van der Waals surface area contributed by atoms with Gasteiger partial charge in [0.15, 0.2) is 11.5 Å². The van der Waals surface area contributed by atoms with Crippen LogP contribution in [0, 0.1) is 0 Å². The number of carbonyl (C=O) groups is 1. The average Bonchev–Trinajstić information content (AvgIpc) is 3.44. The van der Waals surface area contributed by atoms with Crippen LogP contribution < -0.4 is 19.5 Å². The molecular weight excluding hydrogens is 472 g/mol. The van der Waals surface area contributed by atoms with Crippen LogP contribution in [0.3, 0.4) is 0 Å². The topological polar surface area (TPSA) is 95.0 Å². The predicted octanol–water partition coefficient (Wildman–Crippen LogP) is 5.06. The van der Waals surface area contributed by atoms with Crippen LogP contribution in [0.2, 0.25) is 5.28 Å². The maximum absolute atomic E-state index is 12.6. The normalized spacial score (nSPS) is 16.6. The molecule has 1 aliphatic carbocycles. The third-order valence-electron chi connectivity index (χ3n) is 5.58. The molecule has 0 saturated carbocycles. The molecule has 1 atom stereocenters. The summed E-state index contributed by atoms with van der Waals surface area (Å²) in [5.41, 5.74) is 2.75. The molecule has 1 aromatic heterocycles. The third-order valence-corrected chi connectivity index (χ3v) is 5.75. The van der Waals surface area contributed by atoms with Gasteiger partial charge in [-0.3, -0.25) is 4.90 Å². The molecule has 0 radical (unpaired) electrons. The zero-order valence-electron chi connectivity index (χ0n) is 20.6. The summed E-state index contributed by atoms with van der Waals surface area (Å²) in [6.07, 6.45) is 5.68. The van der Waals surface area contributed by atoms with Crippen molar-refractivity contribution in [3.05, 3.63) is 58.2 Å². The Hall–Kier alpha value is -3.46. The Morgan fingerprint density at radius 2 is 1.77 bits per heavy atom. The number of aromatic nitrogens is 2. The summed E-state index contributed by atoms with van der Waals surface area (Å²) in [7, 11) is 4.76. The standard InChI is InChI=1S/C25H29ClN4O5/c1-25(2,3)35-24(31)30-12-17-18(13-30)28-23(26)29-22(17)27-16-8-7-14(9-16)15-10-19(32-4)21(34-6)20(11-15)33-5/h7-11,14H,12-13H2,1-6H3,(H,27,28,29). The van der Waals surface area contributed by atoms with E-state index in [1.165, 1.54) is 0 Å². The number of benzene rings is 1. The van der Waals surface area contributed by atoms with E-state index in [2.05, 4.69) is 27.4 Å². The lowest BCUT2D eigenvalue weighted by Gasteiger charge is -2.24. The summed E-state index contributed by atoms with van der Waals surface area (Å²) >= 11 is 6.19. The summed E-state index contributed by atoms with van der Waals surface area (Å²) in [4.78, 5) is 22.9. The SMILES string of the molecule is COc1cc(C2C=CC(Nc3nc(Cl)nc4c3CN(C(=O)OC(C)(C)C)C4)=C2)cc(OC)c1OC. The molecule has 1 aromatic carbocycles. The van der Waals surface area contributed by atoms with Gasteiger partial charge in [0.1, 0.15) is 11.4 Å². The number of fused-ring (bicyclic) bond motifs is 1. The van der Waals surface area contributed by atoms with Gasteiger partial charge in [0, 0.05) is 17.2 Å². The molecule has 2 aliphatic rings. The van der Waals surface area contributed by atoms with Gasteiger partial charge in [-0.05, 0) is 62.2 Å². The van der Waals surface area contributed by atoms with E-state index in [1.54, 1.807) is 26.2 Å². The van der Waals surface area contributed by atoms with Crippen molar-refractivity contribution in [2.24, 2.45) is 0 Å². The van der Waals surface area contributed by atoms with E-state index in [0.29, 0.717) is 41.8 Å². The number of hydrogen-bond acceptors (Lipinski definition) is 8. The van der Waals surface area contributed by atoms with Gasteiger partial charge >= 0.3 is 6.09 Å². The molecule has 10 heteroatoms. The van der Waals surface area contributed by atoms with Crippen LogP contribution in [0.1, 0.15) is 43.5 Å². The van der Waals surface area contributed by atoms with Crippen LogP contribution in [-0.4, -0.2) is 47.9 Å². The molecule has 1 amide bonds. The monoisotopic (exact) mass is 500 g/mol. The largest absolute Gasteiger partial charge is 0.493 e. The first-order valence-corrected chi connectivity index (χ1v) is 11.5. The molecule has 186 valence electrons. The van der Waals surface area contributed by atoms with Crippen molar-refractivity contribution < 1.29 is 23.7 Å². The molecule has 1 aliphatic heterocycles. The van der Waals surface area contributed by atoms with Gasteiger partial charge in [0.25, 0.3) is 0 Å². The molecule has 4 rings (SSSR count). The maximum atomic E-state index is 12.6. The highest BCUT2D eigenvalue weighted by atomic mass is 35.5. The number of nitrogens with one attached hydrogen (secondary N) is 1. The van der Waals surface area contributed by atoms with Gasteiger partial charge in [0.05, 0.1) is 40.1 Å². The number of carbonyl (C=O) groups excluding carboxylic acids is 1. The van der Waals surface area contributed by atoms with Gasteiger partial charge in [-0.25, -0.2) is 14.8 Å².